The Balaban J connectivity index is 1.73. The van der Waals surface area contributed by atoms with E-state index in [-0.39, 0.29) is 11.9 Å². The van der Waals surface area contributed by atoms with Gasteiger partial charge in [0.2, 0.25) is 5.95 Å². The third kappa shape index (κ3) is 5.86. The zero-order chi connectivity index (χ0) is 27.7. The number of aromatic nitrogens is 4. The molecule has 3 heterocycles. The first kappa shape index (κ1) is 27.3. The Labute approximate surface area is 233 Å². The number of benzene rings is 1. The maximum absolute atomic E-state index is 11.3. The molecule has 208 valence electrons. The first-order chi connectivity index (χ1) is 18.7. The summed E-state index contributed by atoms with van der Waals surface area (Å²) in [4.78, 5) is 28.0. The van der Waals surface area contributed by atoms with Crippen LogP contribution in [0.5, 0.6) is 0 Å². The van der Waals surface area contributed by atoms with Crippen LogP contribution in [0.1, 0.15) is 52.3 Å². The lowest BCUT2D eigenvalue weighted by atomic mass is 9.83. The number of anilines is 1. The van der Waals surface area contributed by atoms with Crippen molar-refractivity contribution in [2.24, 2.45) is 17.8 Å². The van der Waals surface area contributed by atoms with E-state index in [1.54, 1.807) is 6.07 Å². The van der Waals surface area contributed by atoms with Crippen LogP contribution in [0.25, 0.3) is 22.4 Å². The lowest BCUT2D eigenvalue weighted by Crippen LogP contribution is -2.49. The summed E-state index contributed by atoms with van der Waals surface area (Å²) < 4.78 is 8.11. The van der Waals surface area contributed by atoms with Gasteiger partial charge in [-0.3, -0.25) is 10.7 Å². The SMILES string of the molecule is CC(C)[C@@H]1COCCN1c1nc2nc(C(=N)NC(=O)O)nc(-c3cccc(Cl)c3)c2n1C[C@H]1CC[C@H](C)CC1. The highest BCUT2D eigenvalue weighted by Gasteiger charge is 2.33. The molecule has 1 aromatic carbocycles. The van der Waals surface area contributed by atoms with Gasteiger partial charge < -0.3 is 19.3 Å². The lowest BCUT2D eigenvalue weighted by molar-refractivity contribution is 0.0792. The van der Waals surface area contributed by atoms with Crippen molar-refractivity contribution in [2.75, 3.05) is 24.7 Å². The summed E-state index contributed by atoms with van der Waals surface area (Å²) in [6.07, 6.45) is 3.36. The average Bonchev–Trinajstić information content (AvgIpc) is 3.27. The standard InChI is InChI=1S/C28H36ClN7O3/c1-16(2)21-15-39-12-11-35(21)27-34-25-23(36(27)14-18-9-7-17(3)8-10-18)22(19-5-4-6-20(29)13-19)31-26(33-25)24(30)32-28(37)38/h4-6,13,16-18,21H,7-12,14-15H2,1-3H3,(H2,30,32)(H,37,38)/t17-,18-,21-/m0/s1. The predicted octanol–water partition coefficient (Wildman–Crippen LogP) is 5.43. The summed E-state index contributed by atoms with van der Waals surface area (Å²) >= 11 is 6.39. The number of imidazole rings is 1. The van der Waals surface area contributed by atoms with Crippen molar-refractivity contribution in [2.45, 2.75) is 59.0 Å². The van der Waals surface area contributed by atoms with Gasteiger partial charge in [0.15, 0.2) is 17.3 Å². The maximum Gasteiger partial charge on any atom is 0.410 e. The largest absolute Gasteiger partial charge is 0.465 e. The second-order valence-electron chi connectivity index (χ2n) is 11.1. The Morgan fingerprint density at radius 1 is 1.23 bits per heavy atom. The van der Waals surface area contributed by atoms with Gasteiger partial charge in [0.05, 0.1) is 19.3 Å². The molecule has 2 fully saturated rings. The fourth-order valence-corrected chi connectivity index (χ4v) is 5.91. The molecule has 10 nitrogen and oxygen atoms in total. The van der Waals surface area contributed by atoms with Gasteiger partial charge in [-0.2, -0.15) is 4.98 Å². The minimum atomic E-state index is -1.35. The molecule has 1 aliphatic heterocycles. The molecule has 1 aliphatic carbocycles. The minimum absolute atomic E-state index is 0.0371. The van der Waals surface area contributed by atoms with E-state index < -0.39 is 11.9 Å². The number of carboxylic acid groups (broad SMARTS) is 1. The molecule has 1 saturated carbocycles. The number of amides is 1. The third-order valence-electron chi connectivity index (χ3n) is 7.90. The second kappa shape index (κ2) is 11.5. The number of nitrogens with one attached hydrogen (secondary N) is 2. The van der Waals surface area contributed by atoms with Crippen LogP contribution in [0.3, 0.4) is 0 Å². The summed E-state index contributed by atoms with van der Waals surface area (Å²) in [5.74, 6) is 1.95. The molecule has 2 aliphatic rings. The molecule has 5 rings (SSSR count). The number of fused-ring (bicyclic) bond motifs is 1. The highest BCUT2D eigenvalue weighted by atomic mass is 35.5. The van der Waals surface area contributed by atoms with Crippen LogP contribution in [-0.4, -0.2) is 62.4 Å². The van der Waals surface area contributed by atoms with Gasteiger partial charge in [-0.1, -0.05) is 57.3 Å². The summed E-state index contributed by atoms with van der Waals surface area (Å²) in [5, 5.41) is 20.2. The molecule has 3 N–H and O–H groups in total. The fraction of sp³-hybridized carbons (Fsp3) is 0.536. The number of ether oxygens (including phenoxy) is 1. The fourth-order valence-electron chi connectivity index (χ4n) is 5.72. The van der Waals surface area contributed by atoms with Crippen molar-refractivity contribution >= 4 is 40.6 Å². The number of hydrogen-bond acceptors (Lipinski definition) is 7. The average molecular weight is 554 g/mol. The zero-order valence-electron chi connectivity index (χ0n) is 22.7. The molecular formula is C28H36ClN7O3. The second-order valence-corrected chi connectivity index (χ2v) is 11.5. The van der Waals surface area contributed by atoms with Crippen LogP contribution in [-0.2, 0) is 11.3 Å². The number of nitrogens with zero attached hydrogens (tertiary/aromatic N) is 5. The van der Waals surface area contributed by atoms with Crippen molar-refractivity contribution in [3.05, 3.63) is 35.1 Å². The maximum atomic E-state index is 11.3. The van der Waals surface area contributed by atoms with Crippen molar-refractivity contribution < 1.29 is 14.6 Å². The number of hydrogen-bond donors (Lipinski definition) is 3. The zero-order valence-corrected chi connectivity index (χ0v) is 23.4. The van der Waals surface area contributed by atoms with Crippen LogP contribution in [0.4, 0.5) is 10.7 Å². The van der Waals surface area contributed by atoms with E-state index in [1.807, 2.05) is 18.2 Å². The number of morpholine rings is 1. The van der Waals surface area contributed by atoms with Crippen molar-refractivity contribution in [3.8, 4) is 11.3 Å². The Morgan fingerprint density at radius 2 is 2.00 bits per heavy atom. The molecular weight excluding hydrogens is 518 g/mol. The highest BCUT2D eigenvalue weighted by Crippen LogP contribution is 2.36. The Morgan fingerprint density at radius 3 is 2.69 bits per heavy atom. The van der Waals surface area contributed by atoms with Crippen LogP contribution in [0.15, 0.2) is 24.3 Å². The van der Waals surface area contributed by atoms with E-state index in [0.29, 0.717) is 48.0 Å². The van der Waals surface area contributed by atoms with Crippen LogP contribution in [0.2, 0.25) is 5.02 Å². The summed E-state index contributed by atoms with van der Waals surface area (Å²) in [6.45, 7) is 9.42. The smallest absolute Gasteiger partial charge is 0.410 e. The van der Waals surface area contributed by atoms with Gasteiger partial charge in [0, 0.05) is 23.7 Å². The molecule has 0 radical (unpaired) electrons. The van der Waals surface area contributed by atoms with Gasteiger partial charge in [0.25, 0.3) is 0 Å². The summed E-state index contributed by atoms with van der Waals surface area (Å²) in [7, 11) is 0. The molecule has 11 heteroatoms. The van der Waals surface area contributed by atoms with E-state index in [4.69, 9.17) is 31.7 Å². The molecule has 1 saturated heterocycles. The Bertz CT molecular complexity index is 1370. The molecule has 0 spiro atoms. The molecule has 1 amide bonds. The quantitative estimate of drug-likeness (QED) is 0.274. The first-order valence-electron chi connectivity index (χ1n) is 13.7. The van der Waals surface area contributed by atoms with Gasteiger partial charge in [-0.25, -0.2) is 14.8 Å². The van der Waals surface area contributed by atoms with Crippen LogP contribution in [0, 0.1) is 23.2 Å². The molecule has 0 bridgehead atoms. The van der Waals surface area contributed by atoms with E-state index in [2.05, 4.69) is 40.5 Å². The van der Waals surface area contributed by atoms with Gasteiger partial charge in [-0.05, 0) is 42.7 Å². The molecule has 3 aromatic rings. The number of carbonyl (C=O) groups is 1. The monoisotopic (exact) mass is 553 g/mol. The lowest BCUT2D eigenvalue weighted by Gasteiger charge is -2.39. The Kier molecular flexibility index (Phi) is 8.04. The molecule has 2 aromatic heterocycles. The Hall–Kier alpha value is -3.24. The van der Waals surface area contributed by atoms with Gasteiger partial charge in [0.1, 0.15) is 11.2 Å². The number of rotatable bonds is 6. The molecule has 0 unspecified atom stereocenters. The highest BCUT2D eigenvalue weighted by molar-refractivity contribution is 6.30. The van der Waals surface area contributed by atoms with E-state index in [9.17, 15) is 9.90 Å². The van der Waals surface area contributed by atoms with Crippen molar-refractivity contribution in [1.82, 2.24) is 24.8 Å². The predicted molar refractivity (Wildman–Crippen MR) is 152 cm³/mol. The normalized spacial score (nSPS) is 21.9. The molecule has 1 atom stereocenters. The van der Waals surface area contributed by atoms with Gasteiger partial charge >= 0.3 is 6.09 Å². The molecule has 39 heavy (non-hydrogen) atoms. The summed E-state index contributed by atoms with van der Waals surface area (Å²) in [6, 6.07) is 7.54. The van der Waals surface area contributed by atoms with E-state index in [1.165, 1.54) is 12.8 Å². The van der Waals surface area contributed by atoms with Gasteiger partial charge in [-0.15, -0.1) is 0 Å². The minimum Gasteiger partial charge on any atom is -0.465 e. The number of amidine groups is 1. The third-order valence-corrected chi connectivity index (χ3v) is 8.14. The van der Waals surface area contributed by atoms with E-state index >= 15 is 0 Å². The topological polar surface area (TPSA) is 129 Å². The van der Waals surface area contributed by atoms with Crippen LogP contribution < -0.4 is 10.2 Å². The van der Waals surface area contributed by atoms with E-state index in [0.717, 1.165) is 42.3 Å². The van der Waals surface area contributed by atoms with Crippen LogP contribution >= 0.6 is 11.6 Å². The van der Waals surface area contributed by atoms with Crippen molar-refractivity contribution in [1.29, 1.82) is 5.41 Å². The summed E-state index contributed by atoms with van der Waals surface area (Å²) in [5.41, 5.74) is 2.53. The van der Waals surface area contributed by atoms with Crippen molar-refractivity contribution in [3.63, 3.8) is 0 Å². The number of halogens is 1. The first-order valence-corrected chi connectivity index (χ1v) is 14.1.